The zero-order valence-corrected chi connectivity index (χ0v) is 18.5. The first-order valence-corrected chi connectivity index (χ1v) is 10.7. The Hall–Kier alpha value is -3.16. The summed E-state index contributed by atoms with van der Waals surface area (Å²) >= 11 is 0. The number of aryl methyl sites for hydroxylation is 1. The van der Waals surface area contributed by atoms with Crippen molar-refractivity contribution in [2.24, 2.45) is 0 Å². The van der Waals surface area contributed by atoms with Crippen molar-refractivity contribution in [3.8, 4) is 0 Å². The van der Waals surface area contributed by atoms with Gasteiger partial charge in [-0.2, -0.15) is 0 Å². The van der Waals surface area contributed by atoms with Crippen LogP contribution in [0.15, 0.2) is 24.5 Å². The lowest BCUT2D eigenvalue weighted by atomic mass is 10.0. The molecule has 1 aliphatic carbocycles. The van der Waals surface area contributed by atoms with Crippen LogP contribution < -0.4 is 10.6 Å². The molecule has 8 heteroatoms. The van der Waals surface area contributed by atoms with Gasteiger partial charge >= 0.3 is 6.09 Å². The van der Waals surface area contributed by atoms with E-state index in [-0.39, 0.29) is 12.0 Å². The van der Waals surface area contributed by atoms with Crippen molar-refractivity contribution in [3.63, 3.8) is 0 Å². The zero-order valence-electron chi connectivity index (χ0n) is 18.5. The van der Waals surface area contributed by atoms with Gasteiger partial charge < -0.3 is 20.3 Å². The number of amides is 2. The fourth-order valence-electron chi connectivity index (χ4n) is 3.47. The Morgan fingerprint density at radius 3 is 2.68 bits per heavy atom. The fraction of sp³-hybridized carbons (Fsp3) is 0.478. The minimum atomic E-state index is -0.538. The Bertz CT molecular complexity index is 1010. The Morgan fingerprint density at radius 2 is 1.97 bits per heavy atom. The number of hydrogen-bond donors (Lipinski definition) is 2. The van der Waals surface area contributed by atoms with E-state index >= 15 is 0 Å². The number of carbonyl (C=O) groups is 2. The normalized spacial score (nSPS) is 15.8. The van der Waals surface area contributed by atoms with E-state index in [0.29, 0.717) is 36.9 Å². The van der Waals surface area contributed by atoms with Crippen LogP contribution in [0.4, 0.5) is 16.3 Å². The van der Waals surface area contributed by atoms with E-state index in [1.807, 2.05) is 45.9 Å². The molecule has 0 atom stereocenters. The summed E-state index contributed by atoms with van der Waals surface area (Å²) in [6.45, 7) is 8.47. The van der Waals surface area contributed by atoms with Crippen LogP contribution in [0.5, 0.6) is 0 Å². The van der Waals surface area contributed by atoms with Gasteiger partial charge in [-0.25, -0.2) is 14.8 Å². The van der Waals surface area contributed by atoms with E-state index in [4.69, 9.17) is 4.74 Å². The van der Waals surface area contributed by atoms with E-state index in [1.165, 1.54) is 6.33 Å². The van der Waals surface area contributed by atoms with Gasteiger partial charge in [0, 0.05) is 29.4 Å². The van der Waals surface area contributed by atoms with E-state index in [0.717, 1.165) is 35.3 Å². The van der Waals surface area contributed by atoms with Crippen LogP contribution in [-0.2, 0) is 17.7 Å². The van der Waals surface area contributed by atoms with Crippen molar-refractivity contribution < 1.29 is 14.3 Å². The predicted octanol–water partition coefficient (Wildman–Crippen LogP) is 3.71. The van der Waals surface area contributed by atoms with Gasteiger partial charge in [0.15, 0.2) is 0 Å². The van der Waals surface area contributed by atoms with Crippen molar-refractivity contribution in [1.29, 1.82) is 0 Å². The molecule has 1 saturated carbocycles. The minimum absolute atomic E-state index is 0.0525. The summed E-state index contributed by atoms with van der Waals surface area (Å²) in [6.07, 6.45) is 3.89. The highest BCUT2D eigenvalue weighted by Crippen LogP contribution is 2.28. The summed E-state index contributed by atoms with van der Waals surface area (Å²) < 4.78 is 5.49. The molecule has 2 heterocycles. The molecule has 1 aromatic heterocycles. The molecule has 2 aliphatic rings. The molecule has 1 aliphatic heterocycles. The fourth-order valence-corrected chi connectivity index (χ4v) is 3.47. The van der Waals surface area contributed by atoms with Gasteiger partial charge in [-0.15, -0.1) is 0 Å². The smallest absolute Gasteiger partial charge is 0.410 e. The minimum Gasteiger partial charge on any atom is -0.444 e. The van der Waals surface area contributed by atoms with Crippen LogP contribution >= 0.6 is 0 Å². The molecule has 164 valence electrons. The second-order valence-electron chi connectivity index (χ2n) is 9.20. The van der Waals surface area contributed by atoms with Crippen molar-refractivity contribution in [2.75, 3.05) is 11.9 Å². The number of hydrogen-bond acceptors (Lipinski definition) is 6. The highest BCUT2D eigenvalue weighted by Gasteiger charge is 2.28. The van der Waals surface area contributed by atoms with Crippen LogP contribution in [0.1, 0.15) is 60.8 Å². The summed E-state index contributed by atoms with van der Waals surface area (Å²) in [6, 6.07) is 5.94. The molecule has 31 heavy (non-hydrogen) atoms. The van der Waals surface area contributed by atoms with Gasteiger partial charge in [-0.1, -0.05) is 6.07 Å². The molecule has 0 spiro atoms. The third kappa shape index (κ3) is 5.13. The third-order valence-corrected chi connectivity index (χ3v) is 5.32. The maximum absolute atomic E-state index is 12.4. The van der Waals surface area contributed by atoms with Crippen molar-refractivity contribution in [2.45, 2.75) is 65.1 Å². The van der Waals surface area contributed by atoms with Gasteiger partial charge in [0.1, 0.15) is 17.7 Å². The lowest BCUT2D eigenvalue weighted by Gasteiger charge is -2.31. The summed E-state index contributed by atoms with van der Waals surface area (Å²) in [4.78, 5) is 35.4. The van der Waals surface area contributed by atoms with Gasteiger partial charge in [0.05, 0.1) is 12.2 Å². The van der Waals surface area contributed by atoms with Crippen molar-refractivity contribution >= 4 is 23.5 Å². The lowest BCUT2D eigenvalue weighted by Crippen LogP contribution is -2.40. The molecule has 0 unspecified atom stereocenters. The van der Waals surface area contributed by atoms with Gasteiger partial charge in [0.2, 0.25) is 0 Å². The lowest BCUT2D eigenvalue weighted by molar-refractivity contribution is 0.0220. The first kappa shape index (κ1) is 21.1. The van der Waals surface area contributed by atoms with E-state index < -0.39 is 5.60 Å². The molecule has 1 fully saturated rings. The van der Waals surface area contributed by atoms with Crippen molar-refractivity contribution in [1.82, 2.24) is 20.2 Å². The van der Waals surface area contributed by atoms with Crippen LogP contribution in [0.3, 0.4) is 0 Å². The van der Waals surface area contributed by atoms with Gasteiger partial charge in [-0.3, -0.25) is 4.79 Å². The van der Waals surface area contributed by atoms with E-state index in [2.05, 4.69) is 20.6 Å². The maximum atomic E-state index is 12.4. The van der Waals surface area contributed by atoms with Gasteiger partial charge in [0.25, 0.3) is 5.91 Å². The summed E-state index contributed by atoms with van der Waals surface area (Å²) in [5, 5.41) is 6.40. The monoisotopic (exact) mass is 423 g/mol. The molecule has 2 amide bonds. The highest BCUT2D eigenvalue weighted by molar-refractivity contribution is 5.96. The molecule has 0 saturated heterocycles. The molecule has 2 aromatic rings. The molecular weight excluding hydrogens is 394 g/mol. The summed E-state index contributed by atoms with van der Waals surface area (Å²) in [5.74, 6) is 0.653. The maximum Gasteiger partial charge on any atom is 0.410 e. The molecule has 4 rings (SSSR count). The van der Waals surface area contributed by atoms with Crippen molar-refractivity contribution in [3.05, 3.63) is 46.9 Å². The zero-order chi connectivity index (χ0) is 22.2. The number of anilines is 2. The summed E-state index contributed by atoms with van der Waals surface area (Å²) in [5.41, 5.74) is 3.72. The Balaban J connectivity index is 1.52. The Kier molecular flexibility index (Phi) is 5.56. The quantitative estimate of drug-likeness (QED) is 0.778. The number of nitrogens with zero attached hydrogens (tertiary/aromatic N) is 3. The third-order valence-electron chi connectivity index (χ3n) is 5.32. The predicted molar refractivity (Wildman–Crippen MR) is 117 cm³/mol. The molecular formula is C23H29N5O3. The van der Waals surface area contributed by atoms with E-state index in [1.54, 1.807) is 4.90 Å². The first-order chi connectivity index (χ1) is 14.7. The second-order valence-corrected chi connectivity index (χ2v) is 9.20. The number of fused-ring (bicyclic) bond motifs is 1. The molecule has 1 aromatic carbocycles. The van der Waals surface area contributed by atoms with Gasteiger partial charge in [-0.05, 0) is 64.7 Å². The second kappa shape index (κ2) is 8.17. The number of aromatic nitrogens is 2. The Morgan fingerprint density at radius 1 is 1.19 bits per heavy atom. The molecule has 2 N–H and O–H groups in total. The number of rotatable bonds is 4. The topological polar surface area (TPSA) is 96.5 Å². The molecule has 0 bridgehead atoms. The summed E-state index contributed by atoms with van der Waals surface area (Å²) in [7, 11) is 0. The van der Waals surface area contributed by atoms with Crippen LogP contribution in [0.25, 0.3) is 0 Å². The number of ether oxygens (including phenoxy) is 1. The SMILES string of the molecule is Cc1ccc(C(=O)NC2CC2)cc1Nc1ncnc2c1CCN(C(=O)OC(C)(C)C)C2. The number of carbonyl (C=O) groups excluding carboxylic acids is 2. The van der Waals surface area contributed by atoms with E-state index in [9.17, 15) is 9.59 Å². The largest absolute Gasteiger partial charge is 0.444 e. The molecule has 8 nitrogen and oxygen atoms in total. The van der Waals surface area contributed by atoms with Crippen LogP contribution in [0, 0.1) is 6.92 Å². The first-order valence-electron chi connectivity index (χ1n) is 10.7. The highest BCUT2D eigenvalue weighted by atomic mass is 16.6. The average molecular weight is 424 g/mol. The average Bonchev–Trinajstić information content (AvgIpc) is 3.52. The number of nitrogens with one attached hydrogen (secondary N) is 2. The standard InChI is InChI=1S/C23H29N5O3/c1-14-5-6-15(21(29)26-16-7-8-16)11-18(14)27-20-17-9-10-28(12-19(17)24-13-25-20)22(30)31-23(2,3)4/h5-6,11,13,16H,7-10,12H2,1-4H3,(H,26,29)(H,24,25,27). The number of benzene rings is 1. The van der Waals surface area contributed by atoms with Crippen LogP contribution in [0.2, 0.25) is 0 Å². The Labute approximate surface area is 182 Å². The van der Waals surface area contributed by atoms with Crippen LogP contribution in [-0.4, -0.2) is 45.1 Å². The molecule has 0 radical (unpaired) electrons.